The molecule has 1 N–H and O–H groups in total. The molecule has 0 aromatic carbocycles. The smallest absolute Gasteiger partial charge is 0.306 e. The molecule has 17 heavy (non-hydrogen) atoms. The predicted molar refractivity (Wildman–Crippen MR) is 73.4 cm³/mol. The Hall–Kier alpha value is -0.220. The van der Waals surface area contributed by atoms with Crippen molar-refractivity contribution in [2.24, 2.45) is 5.41 Å². The molecule has 100 valence electrons. The average molecular weight is 259 g/mol. The fourth-order valence-corrected chi connectivity index (χ4v) is 4.35. The van der Waals surface area contributed by atoms with E-state index >= 15 is 0 Å². The largest absolute Gasteiger partial charge is 0.469 e. The van der Waals surface area contributed by atoms with Crippen LogP contribution in [0, 0.1) is 5.41 Å². The molecule has 1 aliphatic rings. The Bertz CT molecular complexity index is 256. The highest BCUT2D eigenvalue weighted by atomic mass is 32.2. The second-order valence-electron chi connectivity index (χ2n) is 5.38. The Morgan fingerprint density at radius 1 is 1.53 bits per heavy atom. The van der Waals surface area contributed by atoms with Crippen molar-refractivity contribution in [3.05, 3.63) is 0 Å². The number of hydrogen-bond donors (Lipinski definition) is 1. The van der Waals surface area contributed by atoms with E-state index in [2.05, 4.69) is 23.9 Å². The summed E-state index contributed by atoms with van der Waals surface area (Å²) in [6.45, 7) is 4.67. The maximum atomic E-state index is 11.1. The van der Waals surface area contributed by atoms with Crippen LogP contribution < -0.4 is 5.32 Å². The lowest BCUT2D eigenvalue weighted by Crippen LogP contribution is -2.50. The second kappa shape index (κ2) is 6.64. The molecule has 0 radical (unpaired) electrons. The highest BCUT2D eigenvalue weighted by Gasteiger charge is 2.37. The molecule has 0 spiro atoms. The lowest BCUT2D eigenvalue weighted by atomic mass is 9.73. The van der Waals surface area contributed by atoms with E-state index in [1.165, 1.54) is 26.4 Å². The van der Waals surface area contributed by atoms with Crippen LogP contribution in [0.25, 0.3) is 0 Å². The highest BCUT2D eigenvalue weighted by Crippen LogP contribution is 2.40. The standard InChI is InChI=1S/C13H25NO2S/c1-13(2)8-5-6-10(12(13)14-3)17-9-7-11(15)16-4/h10,12,14H,5-9H2,1-4H3. The Labute approximate surface area is 109 Å². The van der Waals surface area contributed by atoms with Gasteiger partial charge in [-0.2, -0.15) is 11.8 Å². The molecule has 2 atom stereocenters. The van der Waals surface area contributed by atoms with Gasteiger partial charge in [0, 0.05) is 17.0 Å². The predicted octanol–water partition coefficient (Wildman–Crippen LogP) is 2.45. The van der Waals surface area contributed by atoms with E-state index < -0.39 is 0 Å². The first kappa shape index (κ1) is 14.8. The van der Waals surface area contributed by atoms with Gasteiger partial charge in [-0.05, 0) is 25.3 Å². The van der Waals surface area contributed by atoms with E-state index in [4.69, 9.17) is 0 Å². The van der Waals surface area contributed by atoms with Crippen LogP contribution in [0.1, 0.15) is 39.5 Å². The summed E-state index contributed by atoms with van der Waals surface area (Å²) < 4.78 is 4.67. The molecule has 3 nitrogen and oxygen atoms in total. The molecule has 0 amide bonds. The van der Waals surface area contributed by atoms with Crippen molar-refractivity contribution < 1.29 is 9.53 Å². The van der Waals surface area contributed by atoms with Gasteiger partial charge in [-0.15, -0.1) is 0 Å². The molecule has 0 aromatic heterocycles. The van der Waals surface area contributed by atoms with E-state index in [9.17, 15) is 4.79 Å². The molecule has 0 bridgehead atoms. The van der Waals surface area contributed by atoms with Crippen LogP contribution in [-0.4, -0.2) is 37.2 Å². The molecule has 0 saturated heterocycles. The minimum Gasteiger partial charge on any atom is -0.469 e. The van der Waals surface area contributed by atoms with Crippen molar-refractivity contribution in [1.29, 1.82) is 0 Å². The molecule has 1 aliphatic carbocycles. The third-order valence-corrected chi connectivity index (χ3v) is 5.08. The Morgan fingerprint density at radius 2 is 2.24 bits per heavy atom. The first-order valence-electron chi connectivity index (χ1n) is 6.37. The van der Waals surface area contributed by atoms with E-state index in [1.807, 2.05) is 18.8 Å². The zero-order valence-corrected chi connectivity index (χ0v) is 12.2. The maximum Gasteiger partial charge on any atom is 0.306 e. The molecule has 1 saturated carbocycles. The van der Waals surface area contributed by atoms with Crippen LogP contribution in [-0.2, 0) is 9.53 Å². The number of hydrogen-bond acceptors (Lipinski definition) is 4. The number of carbonyl (C=O) groups excluding carboxylic acids is 1. The molecule has 1 fully saturated rings. The van der Waals surface area contributed by atoms with E-state index in [0.717, 1.165) is 5.75 Å². The lowest BCUT2D eigenvalue weighted by Gasteiger charge is -2.43. The van der Waals surface area contributed by atoms with Crippen molar-refractivity contribution in [3.8, 4) is 0 Å². The topological polar surface area (TPSA) is 38.3 Å². The minimum absolute atomic E-state index is 0.103. The summed E-state index contributed by atoms with van der Waals surface area (Å²) in [7, 11) is 3.50. The van der Waals surface area contributed by atoms with Crippen LogP contribution >= 0.6 is 11.8 Å². The van der Waals surface area contributed by atoms with E-state index in [0.29, 0.717) is 23.1 Å². The van der Waals surface area contributed by atoms with Gasteiger partial charge in [0.1, 0.15) is 0 Å². The number of ether oxygens (including phenoxy) is 1. The van der Waals surface area contributed by atoms with Gasteiger partial charge in [-0.1, -0.05) is 20.3 Å². The van der Waals surface area contributed by atoms with Crippen LogP contribution in [0.5, 0.6) is 0 Å². The SMILES string of the molecule is CNC1C(SCCC(=O)OC)CCCC1(C)C. The summed E-state index contributed by atoms with van der Waals surface area (Å²) >= 11 is 1.91. The lowest BCUT2D eigenvalue weighted by molar-refractivity contribution is -0.140. The normalized spacial score (nSPS) is 27.8. The summed E-state index contributed by atoms with van der Waals surface area (Å²) in [5.41, 5.74) is 0.357. The van der Waals surface area contributed by atoms with Crippen LogP contribution in [0.15, 0.2) is 0 Å². The van der Waals surface area contributed by atoms with Gasteiger partial charge >= 0.3 is 5.97 Å². The summed E-state index contributed by atoms with van der Waals surface area (Å²) in [6.07, 6.45) is 4.35. The zero-order valence-electron chi connectivity index (χ0n) is 11.4. The van der Waals surface area contributed by atoms with Crippen molar-refractivity contribution in [1.82, 2.24) is 5.32 Å². The molecular weight excluding hydrogens is 234 g/mol. The van der Waals surface area contributed by atoms with Crippen LogP contribution in [0.4, 0.5) is 0 Å². The van der Waals surface area contributed by atoms with Crippen molar-refractivity contribution >= 4 is 17.7 Å². The van der Waals surface area contributed by atoms with Crippen molar-refractivity contribution in [2.45, 2.75) is 50.8 Å². The first-order chi connectivity index (χ1) is 8.01. The van der Waals surface area contributed by atoms with Crippen molar-refractivity contribution in [2.75, 3.05) is 19.9 Å². The monoisotopic (exact) mass is 259 g/mol. The number of rotatable bonds is 5. The number of methoxy groups -OCH3 is 1. The van der Waals surface area contributed by atoms with Crippen LogP contribution in [0.3, 0.4) is 0 Å². The quantitative estimate of drug-likeness (QED) is 0.770. The van der Waals surface area contributed by atoms with E-state index in [-0.39, 0.29) is 5.97 Å². The summed E-state index contributed by atoms with van der Waals surface area (Å²) in [4.78, 5) is 11.1. The van der Waals surface area contributed by atoms with Gasteiger partial charge < -0.3 is 10.1 Å². The van der Waals surface area contributed by atoms with Gasteiger partial charge in [-0.25, -0.2) is 0 Å². The summed E-state index contributed by atoms with van der Waals surface area (Å²) in [6, 6.07) is 0.541. The van der Waals surface area contributed by atoms with Crippen molar-refractivity contribution in [3.63, 3.8) is 0 Å². The fraction of sp³-hybridized carbons (Fsp3) is 0.923. The Balaban J connectivity index is 2.43. The molecule has 4 heteroatoms. The Kier molecular flexibility index (Phi) is 5.80. The molecule has 2 unspecified atom stereocenters. The third kappa shape index (κ3) is 4.18. The molecule has 0 aliphatic heterocycles. The number of nitrogens with one attached hydrogen (secondary N) is 1. The molecular formula is C13H25NO2S. The number of carbonyl (C=O) groups is 1. The minimum atomic E-state index is -0.103. The average Bonchev–Trinajstić information content (AvgIpc) is 2.28. The second-order valence-corrected chi connectivity index (χ2v) is 6.73. The van der Waals surface area contributed by atoms with E-state index in [1.54, 1.807) is 0 Å². The van der Waals surface area contributed by atoms with Gasteiger partial charge in [0.05, 0.1) is 13.5 Å². The zero-order chi connectivity index (χ0) is 12.9. The fourth-order valence-electron chi connectivity index (χ4n) is 2.74. The highest BCUT2D eigenvalue weighted by molar-refractivity contribution is 7.99. The number of thioether (sulfide) groups is 1. The first-order valence-corrected chi connectivity index (χ1v) is 7.42. The van der Waals surface area contributed by atoms with Crippen LogP contribution in [0.2, 0.25) is 0 Å². The molecule has 1 rings (SSSR count). The summed E-state index contributed by atoms with van der Waals surface area (Å²) in [5.74, 6) is 0.763. The molecule has 0 aromatic rings. The maximum absolute atomic E-state index is 11.1. The third-order valence-electron chi connectivity index (χ3n) is 3.70. The Morgan fingerprint density at radius 3 is 2.82 bits per heavy atom. The van der Waals surface area contributed by atoms with Gasteiger partial charge in [0.25, 0.3) is 0 Å². The molecule has 0 heterocycles. The van der Waals surface area contributed by atoms with Gasteiger partial charge in [-0.3, -0.25) is 4.79 Å². The number of esters is 1. The van der Waals surface area contributed by atoms with Gasteiger partial charge in [0.2, 0.25) is 0 Å². The van der Waals surface area contributed by atoms with Gasteiger partial charge in [0.15, 0.2) is 0 Å². The summed E-state index contributed by atoms with van der Waals surface area (Å²) in [5, 5.41) is 4.08.